The van der Waals surface area contributed by atoms with E-state index in [-0.39, 0.29) is 6.61 Å². The SMILES string of the molecule is COCCn1c(CO)nnc1C(C)(C)S(C)(=O)=O. The molecule has 1 aromatic heterocycles. The van der Waals surface area contributed by atoms with Gasteiger partial charge >= 0.3 is 0 Å². The Morgan fingerprint density at radius 1 is 1.39 bits per heavy atom. The van der Waals surface area contributed by atoms with Crippen molar-refractivity contribution < 1.29 is 18.3 Å². The smallest absolute Gasteiger partial charge is 0.159 e. The number of aliphatic hydroxyl groups excluding tert-OH is 1. The minimum absolute atomic E-state index is 0.295. The third-order valence-electron chi connectivity index (χ3n) is 2.95. The lowest BCUT2D eigenvalue weighted by molar-refractivity contribution is 0.181. The highest BCUT2D eigenvalue weighted by Gasteiger charge is 2.38. The number of nitrogens with zero attached hydrogens (tertiary/aromatic N) is 3. The summed E-state index contributed by atoms with van der Waals surface area (Å²) >= 11 is 0. The molecule has 0 bridgehead atoms. The molecule has 0 aliphatic carbocycles. The normalized spacial score (nSPS) is 12.9. The molecule has 0 spiro atoms. The number of ether oxygens (including phenoxy) is 1. The molecule has 0 unspecified atom stereocenters. The van der Waals surface area contributed by atoms with Crippen LogP contribution >= 0.6 is 0 Å². The molecular weight excluding hydrogens is 258 g/mol. The number of rotatable bonds is 6. The molecule has 104 valence electrons. The Bertz CT molecular complexity index is 507. The largest absolute Gasteiger partial charge is 0.388 e. The fourth-order valence-corrected chi connectivity index (χ4v) is 1.96. The maximum absolute atomic E-state index is 11.8. The van der Waals surface area contributed by atoms with Gasteiger partial charge in [-0.15, -0.1) is 10.2 Å². The van der Waals surface area contributed by atoms with Crippen molar-refractivity contribution in [3.8, 4) is 0 Å². The van der Waals surface area contributed by atoms with Gasteiger partial charge in [-0.2, -0.15) is 0 Å². The number of aliphatic hydroxyl groups is 1. The molecular formula is C10H19N3O4S. The van der Waals surface area contributed by atoms with Crippen molar-refractivity contribution in [3.05, 3.63) is 11.6 Å². The second-order valence-corrected chi connectivity index (χ2v) is 7.09. The maximum atomic E-state index is 11.8. The molecule has 18 heavy (non-hydrogen) atoms. The summed E-state index contributed by atoms with van der Waals surface area (Å²) < 4.78 is 29.0. The number of methoxy groups -OCH3 is 1. The van der Waals surface area contributed by atoms with Gasteiger partial charge in [0, 0.05) is 19.9 Å². The molecule has 0 aliphatic rings. The summed E-state index contributed by atoms with van der Waals surface area (Å²) in [7, 11) is -1.80. The lowest BCUT2D eigenvalue weighted by Gasteiger charge is -2.22. The first kappa shape index (κ1) is 15.1. The van der Waals surface area contributed by atoms with Gasteiger partial charge in [0.2, 0.25) is 0 Å². The molecule has 1 heterocycles. The fourth-order valence-electron chi connectivity index (χ4n) is 1.48. The van der Waals surface area contributed by atoms with Crippen LogP contribution in [0.1, 0.15) is 25.5 Å². The lowest BCUT2D eigenvalue weighted by atomic mass is 10.2. The van der Waals surface area contributed by atoms with Crippen molar-refractivity contribution in [3.63, 3.8) is 0 Å². The van der Waals surface area contributed by atoms with Gasteiger partial charge in [0.25, 0.3) is 0 Å². The molecule has 0 aromatic carbocycles. The predicted octanol–water partition coefficient (Wildman–Crippen LogP) is -0.304. The number of hydrogen-bond acceptors (Lipinski definition) is 6. The molecule has 0 aliphatic heterocycles. The van der Waals surface area contributed by atoms with E-state index in [4.69, 9.17) is 4.74 Å². The van der Waals surface area contributed by atoms with Gasteiger partial charge in [0.05, 0.1) is 6.61 Å². The highest BCUT2D eigenvalue weighted by atomic mass is 32.2. The summed E-state index contributed by atoms with van der Waals surface area (Å²) in [4.78, 5) is 0. The van der Waals surface area contributed by atoms with Crippen LogP contribution in [-0.4, -0.2) is 48.3 Å². The van der Waals surface area contributed by atoms with E-state index in [0.717, 1.165) is 6.26 Å². The minimum Gasteiger partial charge on any atom is -0.388 e. The number of hydrogen-bond donors (Lipinski definition) is 1. The zero-order valence-corrected chi connectivity index (χ0v) is 11.9. The molecule has 0 atom stereocenters. The Balaban J connectivity index is 3.28. The predicted molar refractivity (Wildman–Crippen MR) is 65.7 cm³/mol. The fraction of sp³-hybridized carbons (Fsp3) is 0.800. The average molecular weight is 277 g/mol. The van der Waals surface area contributed by atoms with Gasteiger partial charge in [-0.25, -0.2) is 8.42 Å². The van der Waals surface area contributed by atoms with Crippen LogP contribution in [0.15, 0.2) is 0 Å². The summed E-state index contributed by atoms with van der Waals surface area (Å²) in [5.41, 5.74) is 0. The van der Waals surface area contributed by atoms with E-state index >= 15 is 0 Å². The molecule has 1 aromatic rings. The quantitative estimate of drug-likeness (QED) is 0.767. The number of aromatic nitrogens is 3. The van der Waals surface area contributed by atoms with Gasteiger partial charge in [-0.05, 0) is 13.8 Å². The Morgan fingerprint density at radius 3 is 2.44 bits per heavy atom. The summed E-state index contributed by atoms with van der Waals surface area (Å²) in [6.45, 7) is 3.62. The Labute approximate surface area is 107 Å². The van der Waals surface area contributed by atoms with Gasteiger partial charge in [0.1, 0.15) is 11.4 Å². The Morgan fingerprint density at radius 2 is 2.00 bits per heavy atom. The molecule has 0 amide bonds. The van der Waals surface area contributed by atoms with Crippen molar-refractivity contribution in [2.75, 3.05) is 20.0 Å². The van der Waals surface area contributed by atoms with E-state index < -0.39 is 14.6 Å². The highest BCUT2D eigenvalue weighted by Crippen LogP contribution is 2.27. The van der Waals surface area contributed by atoms with Crippen molar-refractivity contribution in [1.29, 1.82) is 0 Å². The van der Waals surface area contributed by atoms with Crippen LogP contribution in [0.3, 0.4) is 0 Å². The van der Waals surface area contributed by atoms with Crippen molar-refractivity contribution in [2.45, 2.75) is 31.7 Å². The first-order chi connectivity index (χ1) is 8.25. The summed E-state index contributed by atoms with van der Waals surface area (Å²) in [6.07, 6.45) is 1.15. The minimum atomic E-state index is -3.34. The van der Waals surface area contributed by atoms with E-state index in [1.165, 1.54) is 0 Å². The average Bonchev–Trinajstić information content (AvgIpc) is 2.67. The Kier molecular flexibility index (Phi) is 4.46. The molecule has 0 fully saturated rings. The molecule has 1 N–H and O–H groups in total. The van der Waals surface area contributed by atoms with E-state index in [2.05, 4.69) is 10.2 Å². The molecule has 0 radical (unpaired) electrons. The zero-order valence-electron chi connectivity index (χ0n) is 11.0. The monoisotopic (exact) mass is 277 g/mol. The third kappa shape index (κ3) is 2.70. The van der Waals surface area contributed by atoms with E-state index in [9.17, 15) is 13.5 Å². The molecule has 0 saturated carbocycles. The first-order valence-corrected chi connectivity index (χ1v) is 7.36. The van der Waals surface area contributed by atoms with E-state index in [1.54, 1.807) is 25.5 Å². The summed E-state index contributed by atoms with van der Waals surface area (Å²) in [5, 5.41) is 16.9. The van der Waals surface area contributed by atoms with Crippen LogP contribution in [0.2, 0.25) is 0 Å². The van der Waals surface area contributed by atoms with Crippen molar-refractivity contribution in [1.82, 2.24) is 14.8 Å². The van der Waals surface area contributed by atoms with Crippen LogP contribution in [0.5, 0.6) is 0 Å². The molecule has 1 rings (SSSR count). The second kappa shape index (κ2) is 5.33. The summed E-state index contributed by atoms with van der Waals surface area (Å²) in [6, 6.07) is 0. The van der Waals surface area contributed by atoms with Crippen LogP contribution in [0.25, 0.3) is 0 Å². The topological polar surface area (TPSA) is 94.3 Å². The first-order valence-electron chi connectivity index (χ1n) is 5.47. The third-order valence-corrected chi connectivity index (χ3v) is 4.99. The Hall–Kier alpha value is -0.990. The molecule has 0 saturated heterocycles. The van der Waals surface area contributed by atoms with E-state index in [1.807, 2.05) is 0 Å². The van der Waals surface area contributed by atoms with E-state index in [0.29, 0.717) is 24.8 Å². The van der Waals surface area contributed by atoms with Gasteiger partial charge in [0.15, 0.2) is 21.5 Å². The van der Waals surface area contributed by atoms with Crippen LogP contribution < -0.4 is 0 Å². The van der Waals surface area contributed by atoms with Crippen LogP contribution in [0, 0.1) is 0 Å². The van der Waals surface area contributed by atoms with Crippen molar-refractivity contribution in [2.24, 2.45) is 0 Å². The van der Waals surface area contributed by atoms with Gasteiger partial charge in [-0.1, -0.05) is 0 Å². The highest BCUT2D eigenvalue weighted by molar-refractivity contribution is 7.91. The van der Waals surface area contributed by atoms with Gasteiger partial charge < -0.3 is 14.4 Å². The second-order valence-electron chi connectivity index (χ2n) is 4.52. The number of sulfone groups is 1. The molecule has 8 heteroatoms. The van der Waals surface area contributed by atoms with Crippen LogP contribution in [0.4, 0.5) is 0 Å². The maximum Gasteiger partial charge on any atom is 0.159 e. The van der Waals surface area contributed by atoms with Gasteiger partial charge in [-0.3, -0.25) is 0 Å². The standard InChI is InChI=1S/C10H19N3O4S/c1-10(2,18(4,15)16)9-12-11-8(7-14)13(9)5-6-17-3/h14H,5-7H2,1-4H3. The van der Waals surface area contributed by atoms with Crippen molar-refractivity contribution >= 4 is 9.84 Å². The lowest BCUT2D eigenvalue weighted by Crippen LogP contribution is -2.32. The molecule has 7 nitrogen and oxygen atoms in total. The zero-order chi connectivity index (χ0) is 14.0. The summed E-state index contributed by atoms with van der Waals surface area (Å²) in [5.74, 6) is 0.643. The van der Waals surface area contributed by atoms with Crippen LogP contribution in [-0.2, 0) is 32.5 Å².